The van der Waals surface area contributed by atoms with Gasteiger partial charge in [-0.15, -0.1) is 0 Å². The van der Waals surface area contributed by atoms with Gasteiger partial charge in [-0.05, 0) is 49.2 Å². The number of aromatic nitrogens is 1. The number of non-ortho nitro benzene ring substituents is 1. The number of nitro groups is 1. The zero-order valence-electron chi connectivity index (χ0n) is 16.0. The lowest BCUT2D eigenvalue weighted by molar-refractivity contribution is -0.384. The third-order valence-corrected chi connectivity index (χ3v) is 4.29. The number of hydrogen-bond acceptors (Lipinski definition) is 6. The van der Waals surface area contributed by atoms with Gasteiger partial charge in [-0.3, -0.25) is 10.1 Å². The van der Waals surface area contributed by atoms with Crippen LogP contribution in [0, 0.1) is 35.3 Å². The molecular weight excluding hydrogens is 362 g/mol. The van der Waals surface area contributed by atoms with Crippen LogP contribution in [0.5, 0.6) is 0 Å². The highest BCUT2D eigenvalue weighted by molar-refractivity contribution is 5.98. The molecule has 146 valence electrons. The number of nitriles is 1. The highest BCUT2D eigenvalue weighted by Crippen LogP contribution is 2.19. The van der Waals surface area contributed by atoms with E-state index in [0.717, 1.165) is 17.0 Å². The van der Waals surface area contributed by atoms with Crippen LogP contribution in [0.2, 0.25) is 0 Å². The second kappa shape index (κ2) is 9.48. The molecular formula is C20H21N3O5. The van der Waals surface area contributed by atoms with Crippen molar-refractivity contribution < 1.29 is 19.2 Å². The molecule has 0 saturated carbocycles. The van der Waals surface area contributed by atoms with Crippen molar-refractivity contribution in [1.29, 1.82) is 5.26 Å². The summed E-state index contributed by atoms with van der Waals surface area (Å²) in [6.45, 7) is 5.00. The molecule has 0 unspecified atom stereocenters. The Labute approximate surface area is 162 Å². The normalized spacial score (nSPS) is 11.1. The van der Waals surface area contributed by atoms with Crippen LogP contribution in [0.1, 0.15) is 22.5 Å². The predicted molar refractivity (Wildman–Crippen MR) is 102 cm³/mol. The fraction of sp³-hybridized carbons (Fsp3) is 0.300. The molecule has 28 heavy (non-hydrogen) atoms. The van der Waals surface area contributed by atoms with Gasteiger partial charge >= 0.3 is 5.97 Å². The largest absolute Gasteiger partial charge is 0.457 e. The Morgan fingerprint density at radius 2 is 2.00 bits per heavy atom. The standard InChI is InChI=1S/C20H21N3O5/c1-14-10-17(15(2)22(14)8-9-27-3)11-18(12-21)20(24)28-13-16-4-6-19(7-5-16)23(25)26/h4-7,10-11H,8-9,13H2,1-3H3. The molecule has 0 aliphatic heterocycles. The summed E-state index contributed by atoms with van der Waals surface area (Å²) in [4.78, 5) is 22.4. The maximum atomic E-state index is 12.3. The molecule has 1 aromatic heterocycles. The molecule has 0 amide bonds. The third kappa shape index (κ3) is 5.05. The van der Waals surface area contributed by atoms with Gasteiger partial charge in [0.25, 0.3) is 5.69 Å². The molecule has 0 fully saturated rings. The maximum absolute atomic E-state index is 12.3. The molecule has 0 aliphatic rings. The molecule has 8 heteroatoms. The van der Waals surface area contributed by atoms with Gasteiger partial charge in [0.2, 0.25) is 0 Å². The number of carbonyl (C=O) groups excluding carboxylic acids is 1. The number of nitro benzene ring substituents is 1. The molecule has 2 rings (SSSR count). The summed E-state index contributed by atoms with van der Waals surface area (Å²) in [7, 11) is 1.63. The molecule has 0 atom stereocenters. The highest BCUT2D eigenvalue weighted by Gasteiger charge is 2.14. The summed E-state index contributed by atoms with van der Waals surface area (Å²) < 4.78 is 12.3. The van der Waals surface area contributed by atoms with E-state index < -0.39 is 10.9 Å². The first kappa shape index (κ1) is 20.9. The fourth-order valence-electron chi connectivity index (χ4n) is 2.73. The minimum atomic E-state index is -0.748. The number of benzene rings is 1. The number of rotatable bonds is 8. The first-order chi connectivity index (χ1) is 13.4. The summed E-state index contributed by atoms with van der Waals surface area (Å²) in [5, 5.41) is 20.0. The SMILES string of the molecule is COCCn1c(C)cc(C=C(C#N)C(=O)OCc2ccc([N+](=O)[O-])cc2)c1C. The van der Waals surface area contributed by atoms with Gasteiger partial charge in [0, 0.05) is 37.2 Å². The van der Waals surface area contributed by atoms with Gasteiger partial charge in [-0.2, -0.15) is 5.26 Å². The Hall–Kier alpha value is -3.44. The fourth-order valence-corrected chi connectivity index (χ4v) is 2.73. The second-order valence-electron chi connectivity index (χ2n) is 6.14. The van der Waals surface area contributed by atoms with Crippen molar-refractivity contribution in [3.05, 3.63) is 68.5 Å². The van der Waals surface area contributed by atoms with E-state index in [0.29, 0.717) is 18.7 Å². The van der Waals surface area contributed by atoms with Crippen molar-refractivity contribution in [3.8, 4) is 6.07 Å². The van der Waals surface area contributed by atoms with Gasteiger partial charge in [0.05, 0.1) is 11.5 Å². The number of ether oxygens (including phenoxy) is 2. The van der Waals surface area contributed by atoms with Crippen molar-refractivity contribution >= 4 is 17.7 Å². The van der Waals surface area contributed by atoms with E-state index in [1.54, 1.807) is 7.11 Å². The number of nitrogens with zero attached hydrogens (tertiary/aromatic N) is 3. The van der Waals surface area contributed by atoms with Crippen LogP contribution >= 0.6 is 0 Å². The van der Waals surface area contributed by atoms with E-state index >= 15 is 0 Å². The summed E-state index contributed by atoms with van der Waals surface area (Å²) in [5.41, 5.74) is 3.11. The van der Waals surface area contributed by atoms with Crippen LogP contribution in [-0.2, 0) is 27.4 Å². The minimum Gasteiger partial charge on any atom is -0.457 e. The monoisotopic (exact) mass is 383 g/mol. The van der Waals surface area contributed by atoms with E-state index in [1.165, 1.54) is 30.3 Å². The molecule has 0 radical (unpaired) electrons. The number of aryl methyl sites for hydroxylation is 1. The molecule has 0 aliphatic carbocycles. The number of esters is 1. The van der Waals surface area contributed by atoms with Gasteiger partial charge in [-0.25, -0.2) is 4.79 Å². The Kier molecular flexibility index (Phi) is 7.07. The van der Waals surface area contributed by atoms with Gasteiger partial charge in [-0.1, -0.05) is 0 Å². The Morgan fingerprint density at radius 3 is 2.57 bits per heavy atom. The molecule has 2 aromatic rings. The maximum Gasteiger partial charge on any atom is 0.349 e. The summed E-state index contributed by atoms with van der Waals surface area (Å²) in [6, 6.07) is 9.44. The average Bonchev–Trinajstić information content (AvgIpc) is 2.95. The smallest absolute Gasteiger partial charge is 0.349 e. The van der Waals surface area contributed by atoms with Crippen LogP contribution in [0.4, 0.5) is 5.69 Å². The molecule has 1 heterocycles. The lowest BCUT2D eigenvalue weighted by atomic mass is 10.1. The van der Waals surface area contributed by atoms with E-state index in [9.17, 15) is 20.2 Å². The summed E-state index contributed by atoms with van der Waals surface area (Å²) in [6.07, 6.45) is 1.50. The Morgan fingerprint density at radius 1 is 1.32 bits per heavy atom. The first-order valence-corrected chi connectivity index (χ1v) is 8.55. The Bertz CT molecular complexity index is 936. The van der Waals surface area contributed by atoms with Crippen molar-refractivity contribution in [2.75, 3.05) is 13.7 Å². The van der Waals surface area contributed by atoms with Crippen LogP contribution in [0.3, 0.4) is 0 Å². The van der Waals surface area contributed by atoms with Gasteiger partial charge < -0.3 is 14.0 Å². The van der Waals surface area contributed by atoms with Crippen LogP contribution in [0.25, 0.3) is 6.08 Å². The van der Waals surface area contributed by atoms with Crippen LogP contribution in [-0.4, -0.2) is 29.2 Å². The number of methoxy groups -OCH3 is 1. The van der Waals surface area contributed by atoms with E-state index in [-0.39, 0.29) is 17.9 Å². The molecule has 0 N–H and O–H groups in total. The second-order valence-corrected chi connectivity index (χ2v) is 6.14. The van der Waals surface area contributed by atoms with Gasteiger partial charge in [0.1, 0.15) is 18.2 Å². The molecule has 0 spiro atoms. The third-order valence-electron chi connectivity index (χ3n) is 4.29. The minimum absolute atomic E-state index is 0.0449. The average molecular weight is 383 g/mol. The number of carbonyl (C=O) groups is 1. The molecule has 0 saturated heterocycles. The summed E-state index contributed by atoms with van der Waals surface area (Å²) >= 11 is 0. The topological polar surface area (TPSA) is 107 Å². The first-order valence-electron chi connectivity index (χ1n) is 8.55. The molecule has 0 bridgehead atoms. The lowest BCUT2D eigenvalue weighted by Gasteiger charge is -2.08. The van der Waals surface area contributed by atoms with Gasteiger partial charge in [0.15, 0.2) is 0 Å². The highest BCUT2D eigenvalue weighted by atomic mass is 16.6. The van der Waals surface area contributed by atoms with Crippen LogP contribution in [0.15, 0.2) is 35.9 Å². The van der Waals surface area contributed by atoms with E-state index in [2.05, 4.69) is 0 Å². The van der Waals surface area contributed by atoms with E-state index in [4.69, 9.17) is 9.47 Å². The lowest BCUT2D eigenvalue weighted by Crippen LogP contribution is -2.08. The molecule has 8 nitrogen and oxygen atoms in total. The zero-order valence-corrected chi connectivity index (χ0v) is 16.0. The predicted octanol–water partition coefficient (Wildman–Crippen LogP) is 3.31. The van der Waals surface area contributed by atoms with Crippen molar-refractivity contribution in [1.82, 2.24) is 4.57 Å². The Balaban J connectivity index is 2.11. The molecule has 1 aromatic carbocycles. The van der Waals surface area contributed by atoms with E-state index in [1.807, 2.05) is 30.6 Å². The van der Waals surface area contributed by atoms with Crippen LogP contribution < -0.4 is 0 Å². The zero-order chi connectivity index (χ0) is 20.7. The number of hydrogen-bond donors (Lipinski definition) is 0. The van der Waals surface area contributed by atoms with Crippen molar-refractivity contribution in [2.24, 2.45) is 0 Å². The summed E-state index contributed by atoms with van der Waals surface area (Å²) in [5.74, 6) is -0.748. The quantitative estimate of drug-likeness (QED) is 0.227. The van der Waals surface area contributed by atoms with Crippen molar-refractivity contribution in [3.63, 3.8) is 0 Å². The van der Waals surface area contributed by atoms with Crippen molar-refractivity contribution in [2.45, 2.75) is 27.0 Å².